The summed E-state index contributed by atoms with van der Waals surface area (Å²) in [6.07, 6.45) is 3.38. The van der Waals surface area contributed by atoms with E-state index in [0.29, 0.717) is 5.56 Å². The Bertz CT molecular complexity index is 1950. The Balaban J connectivity index is 0.000000263. The highest BCUT2D eigenvalue weighted by atomic mass is 35.5. The van der Waals surface area contributed by atoms with Crippen LogP contribution in [0.15, 0.2) is 164 Å². The van der Waals surface area contributed by atoms with Crippen LogP contribution in [0.3, 0.4) is 0 Å². The molecule has 0 bridgehead atoms. The number of carbonyl (C=O) groups excluding carboxylic acids is 2. The van der Waals surface area contributed by atoms with Gasteiger partial charge in [0.25, 0.3) is 5.91 Å². The SMILES string of the molecule is CN(C)C(=O)c1cccc(Cc2ccccc2)c1.CNC.Cl.O=C(O)c1cccc(Cc2ccccc2)c1.O=Cc1cccc(Cc2ccccc2)c1. The topological polar surface area (TPSA) is 86.7 Å². The molecule has 0 saturated heterocycles. The van der Waals surface area contributed by atoms with Crippen LogP contribution in [0, 0.1) is 0 Å². The van der Waals surface area contributed by atoms with Gasteiger partial charge in [-0.3, -0.25) is 9.59 Å². The lowest BCUT2D eigenvalue weighted by Gasteiger charge is -2.11. The number of rotatable bonds is 9. The van der Waals surface area contributed by atoms with Crippen molar-refractivity contribution in [2.24, 2.45) is 0 Å². The number of halogens is 1. The summed E-state index contributed by atoms with van der Waals surface area (Å²) in [5.74, 6) is -0.833. The third kappa shape index (κ3) is 16.4. The number of benzene rings is 6. The number of nitrogens with zero attached hydrogens (tertiary/aromatic N) is 1. The lowest BCUT2D eigenvalue weighted by molar-refractivity contribution is 0.0696. The third-order valence-electron chi connectivity index (χ3n) is 7.59. The number of aromatic carboxylic acids is 1. The van der Waals surface area contributed by atoms with Crippen molar-refractivity contribution in [2.45, 2.75) is 19.3 Å². The maximum Gasteiger partial charge on any atom is 0.335 e. The van der Waals surface area contributed by atoms with Crippen molar-refractivity contribution in [3.63, 3.8) is 0 Å². The lowest BCUT2D eigenvalue weighted by Crippen LogP contribution is -2.21. The highest BCUT2D eigenvalue weighted by Gasteiger charge is 2.08. The maximum atomic E-state index is 11.9. The first-order chi connectivity index (χ1) is 25.2. The summed E-state index contributed by atoms with van der Waals surface area (Å²) in [5.41, 5.74) is 8.88. The number of hydrogen-bond donors (Lipinski definition) is 2. The van der Waals surface area contributed by atoms with Crippen LogP contribution in [0.1, 0.15) is 64.5 Å². The Morgan fingerprint density at radius 1 is 0.528 bits per heavy atom. The van der Waals surface area contributed by atoms with Gasteiger partial charge >= 0.3 is 5.97 Å². The lowest BCUT2D eigenvalue weighted by atomic mass is 10.0. The average Bonchev–Trinajstić information content (AvgIpc) is 3.17. The van der Waals surface area contributed by atoms with Gasteiger partial charge in [-0.2, -0.15) is 0 Å². The smallest absolute Gasteiger partial charge is 0.335 e. The quantitative estimate of drug-likeness (QED) is 0.145. The predicted octanol–water partition coefficient (Wildman–Crippen LogP) is 9.30. The van der Waals surface area contributed by atoms with E-state index in [2.05, 4.69) is 35.6 Å². The van der Waals surface area contributed by atoms with Gasteiger partial charge in [0.1, 0.15) is 6.29 Å². The van der Waals surface area contributed by atoms with E-state index in [4.69, 9.17) is 5.11 Å². The van der Waals surface area contributed by atoms with Gasteiger partial charge in [0, 0.05) is 25.2 Å². The second kappa shape index (κ2) is 24.4. The number of nitrogens with one attached hydrogen (secondary N) is 1. The molecule has 0 fully saturated rings. The number of hydrogen-bond acceptors (Lipinski definition) is 4. The van der Waals surface area contributed by atoms with Crippen molar-refractivity contribution < 1.29 is 19.5 Å². The molecule has 0 heterocycles. The molecule has 53 heavy (non-hydrogen) atoms. The summed E-state index contributed by atoms with van der Waals surface area (Å²) in [6, 6.07) is 53.1. The molecule has 6 aromatic rings. The molecule has 274 valence electrons. The van der Waals surface area contributed by atoms with Crippen LogP contribution in [-0.2, 0) is 19.3 Å². The van der Waals surface area contributed by atoms with E-state index >= 15 is 0 Å². The Labute approximate surface area is 320 Å². The molecular weight excluding hydrogens is 680 g/mol. The van der Waals surface area contributed by atoms with Crippen LogP contribution in [-0.4, -0.2) is 56.4 Å². The van der Waals surface area contributed by atoms with Crippen LogP contribution >= 0.6 is 12.4 Å². The number of carboxylic acid groups (broad SMARTS) is 1. The molecule has 0 saturated carbocycles. The van der Waals surface area contributed by atoms with Gasteiger partial charge in [-0.25, -0.2) is 4.79 Å². The Kier molecular flexibility index (Phi) is 19.9. The van der Waals surface area contributed by atoms with Crippen LogP contribution in [0.25, 0.3) is 0 Å². The molecule has 0 unspecified atom stereocenters. The summed E-state index contributed by atoms with van der Waals surface area (Å²) in [5, 5.41) is 11.6. The van der Waals surface area contributed by atoms with Crippen molar-refractivity contribution in [3.8, 4) is 0 Å². The third-order valence-corrected chi connectivity index (χ3v) is 7.59. The minimum absolute atomic E-state index is 0. The molecular formula is C46H49ClN2O4. The normalized spacial score (nSPS) is 9.58. The Morgan fingerprint density at radius 3 is 1.25 bits per heavy atom. The second-order valence-corrected chi connectivity index (χ2v) is 12.3. The number of aldehydes is 1. The summed E-state index contributed by atoms with van der Waals surface area (Å²) in [6.45, 7) is 0. The first kappa shape index (κ1) is 43.3. The molecule has 0 aliphatic heterocycles. The number of amides is 1. The summed E-state index contributed by atoms with van der Waals surface area (Å²) in [4.78, 5) is 34.9. The standard InChI is InChI=1S/C16H17NO.C14H12O2.C14H12O.C2H7N.ClH/c1-17(2)16(18)15-10-6-9-14(12-15)11-13-7-4-3-5-8-13;15-14(16)13-8-4-7-12(10-13)9-11-5-2-1-3-6-11;15-11-14-8-4-7-13(10-14)9-12-5-2-1-3-6-12;1-3-2;/h3-10,12H,11H2,1-2H3;1-8,10H,9H2,(H,15,16);1-8,10-11H,9H2;3H,1-2H3;1H. The van der Waals surface area contributed by atoms with Gasteiger partial charge in [-0.05, 0) is 97.1 Å². The zero-order chi connectivity index (χ0) is 37.6. The predicted molar refractivity (Wildman–Crippen MR) is 220 cm³/mol. The molecule has 6 rings (SSSR count). The molecule has 7 heteroatoms. The van der Waals surface area contributed by atoms with E-state index in [1.165, 1.54) is 22.3 Å². The first-order valence-electron chi connectivity index (χ1n) is 17.1. The molecule has 0 aliphatic carbocycles. The maximum absolute atomic E-state index is 11.9. The van der Waals surface area contributed by atoms with Crippen molar-refractivity contribution in [1.82, 2.24) is 10.2 Å². The Morgan fingerprint density at radius 2 is 0.868 bits per heavy atom. The molecule has 0 aromatic heterocycles. The van der Waals surface area contributed by atoms with E-state index in [1.54, 1.807) is 37.2 Å². The molecule has 6 nitrogen and oxygen atoms in total. The second-order valence-electron chi connectivity index (χ2n) is 12.3. The molecule has 2 N–H and O–H groups in total. The van der Waals surface area contributed by atoms with E-state index in [-0.39, 0.29) is 18.3 Å². The van der Waals surface area contributed by atoms with Crippen molar-refractivity contribution in [3.05, 3.63) is 214 Å². The fraction of sp³-hybridized carbons (Fsp3) is 0.152. The van der Waals surface area contributed by atoms with Crippen LogP contribution in [0.5, 0.6) is 0 Å². The first-order valence-corrected chi connectivity index (χ1v) is 17.1. The highest BCUT2D eigenvalue weighted by molar-refractivity contribution is 5.94. The minimum atomic E-state index is -0.880. The minimum Gasteiger partial charge on any atom is -0.478 e. The van der Waals surface area contributed by atoms with Gasteiger partial charge in [0.2, 0.25) is 0 Å². The molecule has 0 atom stereocenters. The van der Waals surface area contributed by atoms with Crippen LogP contribution < -0.4 is 5.32 Å². The van der Waals surface area contributed by atoms with Gasteiger partial charge in [-0.1, -0.05) is 133 Å². The zero-order valence-electron chi connectivity index (χ0n) is 30.8. The molecule has 0 radical (unpaired) electrons. The van der Waals surface area contributed by atoms with E-state index in [9.17, 15) is 14.4 Å². The van der Waals surface area contributed by atoms with Gasteiger partial charge in [0.05, 0.1) is 5.56 Å². The van der Waals surface area contributed by atoms with E-state index in [0.717, 1.165) is 47.8 Å². The Hall–Kier alpha value is -5.82. The van der Waals surface area contributed by atoms with Crippen LogP contribution in [0.2, 0.25) is 0 Å². The van der Waals surface area contributed by atoms with Crippen molar-refractivity contribution in [1.29, 1.82) is 0 Å². The summed E-state index contributed by atoms with van der Waals surface area (Å²) < 4.78 is 0. The average molecular weight is 729 g/mol. The van der Waals surface area contributed by atoms with Crippen LogP contribution in [0.4, 0.5) is 0 Å². The molecule has 6 aromatic carbocycles. The summed E-state index contributed by atoms with van der Waals surface area (Å²) >= 11 is 0. The van der Waals surface area contributed by atoms with Gasteiger partial charge in [0.15, 0.2) is 0 Å². The monoisotopic (exact) mass is 728 g/mol. The fourth-order valence-electron chi connectivity index (χ4n) is 5.16. The van der Waals surface area contributed by atoms with Crippen molar-refractivity contribution in [2.75, 3.05) is 28.2 Å². The zero-order valence-corrected chi connectivity index (χ0v) is 31.6. The molecule has 1 amide bonds. The van der Waals surface area contributed by atoms with E-state index < -0.39 is 5.97 Å². The highest BCUT2D eigenvalue weighted by Crippen LogP contribution is 2.14. The number of carboxylic acids is 1. The van der Waals surface area contributed by atoms with Gasteiger partial charge < -0.3 is 15.3 Å². The van der Waals surface area contributed by atoms with Gasteiger partial charge in [-0.15, -0.1) is 12.4 Å². The summed E-state index contributed by atoms with van der Waals surface area (Å²) in [7, 11) is 7.29. The van der Waals surface area contributed by atoms with Crippen molar-refractivity contribution >= 4 is 30.6 Å². The van der Waals surface area contributed by atoms with E-state index in [1.807, 2.05) is 129 Å². The molecule has 0 spiro atoms. The largest absolute Gasteiger partial charge is 0.478 e. The number of carbonyl (C=O) groups is 3. The molecule has 0 aliphatic rings. The fourth-order valence-corrected chi connectivity index (χ4v) is 5.16.